The Bertz CT molecular complexity index is 1380. The van der Waals surface area contributed by atoms with E-state index in [-0.39, 0.29) is 31.2 Å². The Balaban J connectivity index is 1.62. The first kappa shape index (κ1) is 19.2. The second-order valence-electron chi connectivity index (χ2n) is 7.77. The zero-order valence-corrected chi connectivity index (χ0v) is 16.6. The van der Waals surface area contributed by atoms with Gasteiger partial charge in [-0.3, -0.25) is 13.9 Å². The van der Waals surface area contributed by atoms with Crippen LogP contribution >= 0.6 is 0 Å². The molecule has 2 aromatic heterocycles. The number of benzene rings is 2. The fourth-order valence-electron chi connectivity index (χ4n) is 4.45. The van der Waals surface area contributed by atoms with E-state index in [1.54, 1.807) is 12.1 Å². The summed E-state index contributed by atoms with van der Waals surface area (Å²) in [5, 5.41) is 20.6. The molecule has 0 atom stereocenters. The molecule has 4 aromatic rings. The number of hydrogen-bond donors (Lipinski definition) is 2. The largest absolute Gasteiger partial charge is 0.493 e. The van der Waals surface area contributed by atoms with Gasteiger partial charge in [0.25, 0.3) is 0 Å². The van der Waals surface area contributed by atoms with Crippen molar-refractivity contribution in [2.24, 2.45) is 0 Å². The van der Waals surface area contributed by atoms with E-state index >= 15 is 0 Å². The number of carboxylic acid groups (broad SMARTS) is 1. The first-order valence-electron chi connectivity index (χ1n) is 10.0. The molecule has 0 saturated heterocycles. The van der Waals surface area contributed by atoms with E-state index in [1.807, 2.05) is 24.3 Å². The third-order valence-corrected chi connectivity index (χ3v) is 5.95. The summed E-state index contributed by atoms with van der Waals surface area (Å²) in [5.74, 6) is -1.50. The molecule has 0 amide bonds. The quantitative estimate of drug-likeness (QED) is 0.457. The molecule has 3 heterocycles. The van der Waals surface area contributed by atoms with Gasteiger partial charge >= 0.3 is 11.7 Å². The normalized spacial score (nSPS) is 12.7. The highest BCUT2D eigenvalue weighted by molar-refractivity contribution is 5.86. The van der Waals surface area contributed by atoms with Crippen LogP contribution in [0.2, 0.25) is 0 Å². The minimum absolute atomic E-state index is 0.0828. The van der Waals surface area contributed by atoms with Crippen molar-refractivity contribution in [3.05, 3.63) is 87.3 Å². The number of hydrogen-bond acceptors (Lipinski definition) is 3. The summed E-state index contributed by atoms with van der Waals surface area (Å²) in [6.45, 7) is 0.708. The van der Waals surface area contributed by atoms with E-state index < -0.39 is 11.7 Å². The second kappa shape index (κ2) is 7.16. The minimum Gasteiger partial charge on any atom is -0.493 e. The smallest absolute Gasteiger partial charge is 0.331 e. The van der Waals surface area contributed by atoms with Crippen molar-refractivity contribution in [1.82, 2.24) is 13.7 Å². The minimum atomic E-state index is -1.03. The van der Waals surface area contributed by atoms with Crippen LogP contribution in [0.4, 0.5) is 4.39 Å². The summed E-state index contributed by atoms with van der Waals surface area (Å²) < 4.78 is 18.1. The fourth-order valence-corrected chi connectivity index (χ4v) is 4.45. The van der Waals surface area contributed by atoms with Crippen LogP contribution in [0.5, 0.6) is 5.88 Å². The number of aromatic nitrogens is 3. The van der Waals surface area contributed by atoms with E-state index in [9.17, 15) is 19.1 Å². The van der Waals surface area contributed by atoms with Gasteiger partial charge in [0.2, 0.25) is 5.88 Å². The third-order valence-electron chi connectivity index (χ3n) is 5.95. The molecule has 2 N–H and O–H groups in total. The highest BCUT2D eigenvalue weighted by Crippen LogP contribution is 2.35. The Morgan fingerprint density at radius 3 is 2.52 bits per heavy atom. The van der Waals surface area contributed by atoms with Gasteiger partial charge in [-0.1, -0.05) is 30.3 Å². The number of fused-ring (bicyclic) bond motifs is 4. The van der Waals surface area contributed by atoms with Gasteiger partial charge in [-0.15, -0.1) is 0 Å². The van der Waals surface area contributed by atoms with Crippen LogP contribution in [0.15, 0.2) is 53.3 Å². The maximum atomic E-state index is 13.3. The van der Waals surface area contributed by atoms with Crippen molar-refractivity contribution < 1.29 is 19.4 Å². The van der Waals surface area contributed by atoms with E-state index in [0.717, 1.165) is 32.3 Å². The van der Waals surface area contributed by atoms with Gasteiger partial charge in [-0.25, -0.2) is 9.18 Å². The topological polar surface area (TPSA) is 89.4 Å². The molecule has 0 radical (unpaired) electrons. The summed E-state index contributed by atoms with van der Waals surface area (Å²) >= 11 is 0. The zero-order chi connectivity index (χ0) is 21.7. The van der Waals surface area contributed by atoms with Crippen LogP contribution in [-0.2, 0) is 30.8 Å². The number of para-hydroxylation sites is 1. The van der Waals surface area contributed by atoms with Crippen LogP contribution < -0.4 is 5.69 Å². The maximum Gasteiger partial charge on any atom is 0.331 e. The predicted molar refractivity (Wildman–Crippen MR) is 112 cm³/mol. The average molecular weight is 421 g/mol. The van der Waals surface area contributed by atoms with Crippen molar-refractivity contribution in [3.63, 3.8) is 0 Å². The molecule has 1 aliphatic rings. The molecule has 7 nitrogen and oxygen atoms in total. The summed E-state index contributed by atoms with van der Waals surface area (Å²) in [6, 6.07) is 14.3. The number of aliphatic carboxylic acids is 1. The molecule has 31 heavy (non-hydrogen) atoms. The van der Waals surface area contributed by atoms with Gasteiger partial charge < -0.3 is 14.8 Å². The molecule has 5 rings (SSSR count). The van der Waals surface area contributed by atoms with Crippen LogP contribution in [0.3, 0.4) is 0 Å². The van der Waals surface area contributed by atoms with Crippen molar-refractivity contribution in [3.8, 4) is 5.88 Å². The average Bonchev–Trinajstić information content (AvgIpc) is 3.19. The third kappa shape index (κ3) is 3.11. The van der Waals surface area contributed by atoms with Crippen LogP contribution in [0, 0.1) is 5.82 Å². The fraction of sp³-hybridized carbons (Fsp3) is 0.217. The Labute approximate surface area is 176 Å². The van der Waals surface area contributed by atoms with Gasteiger partial charge in [0.1, 0.15) is 5.82 Å². The number of carbonyl (C=O) groups is 1. The van der Waals surface area contributed by atoms with Crippen LogP contribution in [0.25, 0.3) is 10.9 Å². The second-order valence-corrected chi connectivity index (χ2v) is 7.77. The van der Waals surface area contributed by atoms with E-state index in [1.165, 1.54) is 16.7 Å². The molecule has 0 fully saturated rings. The summed E-state index contributed by atoms with van der Waals surface area (Å²) in [5.41, 5.74) is 4.00. The Morgan fingerprint density at radius 1 is 1.03 bits per heavy atom. The van der Waals surface area contributed by atoms with Gasteiger partial charge in [0.05, 0.1) is 18.7 Å². The van der Waals surface area contributed by atoms with Gasteiger partial charge in [-0.05, 0) is 29.3 Å². The lowest BCUT2D eigenvalue weighted by atomic mass is 10.0. The lowest BCUT2D eigenvalue weighted by Crippen LogP contribution is -2.29. The van der Waals surface area contributed by atoms with Crippen LogP contribution in [0.1, 0.15) is 28.9 Å². The SMILES string of the molecule is O=C(O)CCn1c(O)c2n(c1=O)Cc1c(c3ccccc3n1Cc1ccc(F)cc1)C2. The summed E-state index contributed by atoms with van der Waals surface area (Å²) in [7, 11) is 0. The van der Waals surface area contributed by atoms with E-state index in [4.69, 9.17) is 5.11 Å². The van der Waals surface area contributed by atoms with Crippen molar-refractivity contribution in [2.75, 3.05) is 0 Å². The first-order chi connectivity index (χ1) is 14.9. The number of nitrogens with zero attached hydrogens (tertiary/aromatic N) is 3. The van der Waals surface area contributed by atoms with Crippen molar-refractivity contribution in [2.45, 2.75) is 32.5 Å². The van der Waals surface area contributed by atoms with Crippen molar-refractivity contribution >= 4 is 16.9 Å². The highest BCUT2D eigenvalue weighted by Gasteiger charge is 2.29. The number of aromatic hydroxyl groups is 1. The number of carboxylic acids is 1. The highest BCUT2D eigenvalue weighted by atomic mass is 19.1. The lowest BCUT2D eigenvalue weighted by molar-refractivity contribution is -0.137. The lowest BCUT2D eigenvalue weighted by Gasteiger charge is -2.18. The monoisotopic (exact) mass is 421 g/mol. The zero-order valence-electron chi connectivity index (χ0n) is 16.6. The molecule has 2 aromatic carbocycles. The molecule has 1 aliphatic heterocycles. The molecule has 0 spiro atoms. The molecular formula is C23H20FN3O4. The number of rotatable bonds is 5. The summed E-state index contributed by atoms with van der Waals surface area (Å²) in [6.07, 6.45) is 0.122. The maximum absolute atomic E-state index is 13.3. The molecule has 0 bridgehead atoms. The summed E-state index contributed by atoms with van der Waals surface area (Å²) in [4.78, 5) is 23.8. The standard InChI is InChI=1S/C23H20FN3O4/c24-15-7-5-14(6-8-15)12-26-18-4-2-1-3-16(18)17-11-19-22(30)25(10-9-21(28)29)23(31)27(19)13-20(17)26/h1-8,30H,9-13H2,(H,28,29). The molecule has 158 valence electrons. The first-order valence-corrected chi connectivity index (χ1v) is 10.0. The molecule has 0 saturated carbocycles. The Morgan fingerprint density at radius 2 is 1.77 bits per heavy atom. The van der Waals surface area contributed by atoms with Gasteiger partial charge in [-0.2, -0.15) is 0 Å². The van der Waals surface area contributed by atoms with E-state index in [2.05, 4.69) is 4.57 Å². The Hall–Kier alpha value is -3.81. The van der Waals surface area contributed by atoms with Crippen LogP contribution in [-0.4, -0.2) is 29.9 Å². The van der Waals surface area contributed by atoms with Gasteiger partial charge in [0.15, 0.2) is 0 Å². The molecule has 0 aliphatic carbocycles. The number of imidazole rings is 1. The number of halogens is 1. The predicted octanol–water partition coefficient (Wildman–Crippen LogP) is 2.92. The van der Waals surface area contributed by atoms with Crippen molar-refractivity contribution in [1.29, 1.82) is 0 Å². The molecule has 8 heteroatoms. The van der Waals surface area contributed by atoms with E-state index in [0.29, 0.717) is 18.7 Å². The Kier molecular flexibility index (Phi) is 4.43. The molecular weight excluding hydrogens is 401 g/mol. The van der Waals surface area contributed by atoms with Gasteiger partial charge in [0, 0.05) is 36.1 Å². The molecule has 0 unspecified atom stereocenters.